The van der Waals surface area contributed by atoms with Gasteiger partial charge in [0.1, 0.15) is 0 Å². The van der Waals surface area contributed by atoms with Crippen LogP contribution in [-0.4, -0.2) is 17.9 Å². The van der Waals surface area contributed by atoms with Crippen LogP contribution in [0.15, 0.2) is 41.1 Å². The normalized spacial score (nSPS) is 14.7. The molecule has 1 aromatic heterocycles. The smallest absolute Gasteiger partial charge is 0.331 e. The Morgan fingerprint density at radius 2 is 2.04 bits per heavy atom. The zero-order valence-electron chi connectivity index (χ0n) is 13.0. The summed E-state index contributed by atoms with van der Waals surface area (Å²) in [5.41, 5.74) is 4.13. The number of benzene rings is 1. The first-order valence-electron chi connectivity index (χ1n) is 7.70. The third-order valence-corrected chi connectivity index (χ3v) is 4.70. The molecule has 0 radical (unpaired) electrons. The molecular formula is C19H18O3S. The number of ether oxygens (including phenoxy) is 1. The topological polar surface area (TPSA) is 43.4 Å². The Hall–Kier alpha value is -2.20. The molecule has 3 rings (SSSR count). The number of rotatable bonds is 5. The minimum atomic E-state index is -0.783. The van der Waals surface area contributed by atoms with E-state index in [-0.39, 0.29) is 5.78 Å². The van der Waals surface area contributed by atoms with Crippen LogP contribution in [0, 0.1) is 0 Å². The van der Waals surface area contributed by atoms with E-state index in [1.165, 1.54) is 17.2 Å². The van der Waals surface area contributed by atoms with Crippen LogP contribution in [0.3, 0.4) is 0 Å². The molecule has 0 fully saturated rings. The highest BCUT2D eigenvalue weighted by molar-refractivity contribution is 7.08. The van der Waals surface area contributed by atoms with Crippen molar-refractivity contribution in [1.29, 1.82) is 0 Å². The van der Waals surface area contributed by atoms with Gasteiger partial charge in [0.05, 0.1) is 0 Å². The summed E-state index contributed by atoms with van der Waals surface area (Å²) in [7, 11) is 0. The van der Waals surface area contributed by atoms with E-state index in [9.17, 15) is 9.59 Å². The number of thiophene rings is 1. The van der Waals surface area contributed by atoms with Gasteiger partial charge in [-0.05, 0) is 71.8 Å². The fraction of sp³-hybridized carbons (Fsp3) is 0.263. The van der Waals surface area contributed by atoms with E-state index in [4.69, 9.17) is 4.74 Å². The largest absolute Gasteiger partial charge is 0.451 e. The molecule has 0 aliphatic heterocycles. The molecular weight excluding hydrogens is 308 g/mol. The fourth-order valence-electron chi connectivity index (χ4n) is 2.76. The van der Waals surface area contributed by atoms with Crippen molar-refractivity contribution in [2.24, 2.45) is 0 Å². The maximum atomic E-state index is 12.4. The third-order valence-electron chi connectivity index (χ3n) is 4.00. The molecule has 23 heavy (non-hydrogen) atoms. The Morgan fingerprint density at radius 1 is 1.22 bits per heavy atom. The molecule has 0 saturated carbocycles. The summed E-state index contributed by atoms with van der Waals surface area (Å²) >= 11 is 1.56. The maximum Gasteiger partial charge on any atom is 0.331 e. The van der Waals surface area contributed by atoms with E-state index >= 15 is 0 Å². The molecule has 1 aliphatic rings. The van der Waals surface area contributed by atoms with E-state index in [0.717, 1.165) is 24.8 Å². The van der Waals surface area contributed by atoms with Gasteiger partial charge < -0.3 is 4.74 Å². The predicted molar refractivity (Wildman–Crippen MR) is 91.7 cm³/mol. The Balaban J connectivity index is 1.62. The molecule has 0 N–H and O–H groups in total. The summed E-state index contributed by atoms with van der Waals surface area (Å²) in [5, 5.41) is 3.87. The molecule has 1 aromatic carbocycles. The van der Waals surface area contributed by atoms with Crippen molar-refractivity contribution in [1.82, 2.24) is 0 Å². The molecule has 0 spiro atoms. The van der Waals surface area contributed by atoms with Gasteiger partial charge >= 0.3 is 5.97 Å². The number of carbonyl (C=O) groups is 2. The molecule has 4 heteroatoms. The van der Waals surface area contributed by atoms with Crippen molar-refractivity contribution in [3.8, 4) is 0 Å². The number of hydrogen-bond acceptors (Lipinski definition) is 4. The van der Waals surface area contributed by atoms with Gasteiger partial charge in [-0.15, -0.1) is 0 Å². The van der Waals surface area contributed by atoms with E-state index in [1.54, 1.807) is 24.3 Å². The molecule has 1 heterocycles. The van der Waals surface area contributed by atoms with Crippen molar-refractivity contribution in [2.45, 2.75) is 32.3 Å². The third kappa shape index (κ3) is 3.77. The number of hydrogen-bond donors (Lipinski definition) is 0. The van der Waals surface area contributed by atoms with Crippen LogP contribution in [0.2, 0.25) is 0 Å². The van der Waals surface area contributed by atoms with Crippen molar-refractivity contribution in [2.75, 3.05) is 0 Å². The number of carbonyl (C=O) groups excluding carboxylic acids is 2. The SMILES string of the molecule is C[C@H](OC(=O)/C=C/c1ccsc1)C(=O)c1ccc2c(c1)CCC2. The lowest BCUT2D eigenvalue weighted by molar-refractivity contribution is -0.140. The lowest BCUT2D eigenvalue weighted by atomic mass is 10.0. The zero-order valence-corrected chi connectivity index (χ0v) is 13.8. The number of esters is 1. The first-order chi connectivity index (χ1) is 11.1. The van der Waals surface area contributed by atoms with E-state index in [1.807, 2.05) is 35.0 Å². The van der Waals surface area contributed by atoms with Gasteiger partial charge in [0.25, 0.3) is 0 Å². The Bertz CT molecular complexity index is 744. The zero-order chi connectivity index (χ0) is 16.2. The molecule has 0 bridgehead atoms. The minimum Gasteiger partial charge on any atom is -0.451 e. The van der Waals surface area contributed by atoms with Gasteiger partial charge in [0.15, 0.2) is 6.10 Å². The van der Waals surface area contributed by atoms with E-state index in [2.05, 4.69) is 0 Å². The van der Waals surface area contributed by atoms with Crippen LogP contribution >= 0.6 is 11.3 Å². The van der Waals surface area contributed by atoms with Gasteiger partial charge in [-0.25, -0.2) is 4.79 Å². The van der Waals surface area contributed by atoms with Crippen LogP contribution in [0.4, 0.5) is 0 Å². The summed E-state index contributed by atoms with van der Waals surface area (Å²) in [4.78, 5) is 24.2. The minimum absolute atomic E-state index is 0.156. The molecule has 118 valence electrons. The lowest BCUT2D eigenvalue weighted by Gasteiger charge is -2.11. The highest BCUT2D eigenvalue weighted by Crippen LogP contribution is 2.23. The summed E-state index contributed by atoms with van der Waals surface area (Å²) in [6, 6.07) is 7.70. The van der Waals surface area contributed by atoms with Crippen LogP contribution in [0.25, 0.3) is 6.08 Å². The summed E-state index contributed by atoms with van der Waals surface area (Å²) in [6.07, 6.45) is 5.51. The van der Waals surface area contributed by atoms with E-state index < -0.39 is 12.1 Å². The highest BCUT2D eigenvalue weighted by atomic mass is 32.1. The molecule has 0 unspecified atom stereocenters. The Kier molecular flexibility index (Phi) is 4.72. The van der Waals surface area contributed by atoms with Gasteiger partial charge in [-0.1, -0.05) is 12.1 Å². The summed E-state index contributed by atoms with van der Waals surface area (Å²) in [5.74, 6) is -0.657. The molecule has 3 nitrogen and oxygen atoms in total. The maximum absolute atomic E-state index is 12.4. The van der Waals surface area contributed by atoms with Crippen LogP contribution < -0.4 is 0 Å². The van der Waals surface area contributed by atoms with Gasteiger partial charge in [0.2, 0.25) is 5.78 Å². The summed E-state index contributed by atoms with van der Waals surface area (Å²) in [6.45, 7) is 1.62. The second kappa shape index (κ2) is 6.92. The number of ketones is 1. The number of Topliss-reactive ketones (excluding diaryl/α,β-unsaturated/α-hetero) is 1. The van der Waals surface area contributed by atoms with Gasteiger partial charge in [-0.3, -0.25) is 4.79 Å². The molecule has 0 saturated heterocycles. The molecule has 1 atom stereocenters. The van der Waals surface area contributed by atoms with Gasteiger partial charge in [0, 0.05) is 11.6 Å². The van der Waals surface area contributed by atoms with Crippen molar-refractivity contribution in [3.05, 3.63) is 63.4 Å². The van der Waals surface area contributed by atoms with Crippen LogP contribution in [0.1, 0.15) is 40.4 Å². The van der Waals surface area contributed by atoms with Crippen LogP contribution in [-0.2, 0) is 22.4 Å². The van der Waals surface area contributed by atoms with Crippen molar-refractivity contribution < 1.29 is 14.3 Å². The second-order valence-corrected chi connectivity index (χ2v) is 6.45. The van der Waals surface area contributed by atoms with Crippen molar-refractivity contribution in [3.63, 3.8) is 0 Å². The van der Waals surface area contributed by atoms with Crippen LogP contribution in [0.5, 0.6) is 0 Å². The number of aryl methyl sites for hydroxylation is 2. The predicted octanol–water partition coefficient (Wildman–Crippen LogP) is 4.06. The average Bonchev–Trinajstić information content (AvgIpc) is 3.22. The molecule has 2 aromatic rings. The Morgan fingerprint density at radius 3 is 2.83 bits per heavy atom. The molecule has 1 aliphatic carbocycles. The standard InChI is InChI=1S/C19H18O3S/c1-13(22-18(20)8-5-14-9-10-23-12-14)19(21)17-7-6-15-3-2-4-16(15)11-17/h5-13H,2-4H2,1H3/b8-5+/t13-/m0/s1. The highest BCUT2D eigenvalue weighted by Gasteiger charge is 2.20. The van der Waals surface area contributed by atoms with Crippen molar-refractivity contribution >= 4 is 29.2 Å². The second-order valence-electron chi connectivity index (χ2n) is 5.67. The quantitative estimate of drug-likeness (QED) is 0.473. The lowest BCUT2D eigenvalue weighted by Crippen LogP contribution is -2.23. The van der Waals surface area contributed by atoms with E-state index in [0.29, 0.717) is 5.56 Å². The fourth-order valence-corrected chi connectivity index (χ4v) is 3.39. The first-order valence-corrected chi connectivity index (χ1v) is 8.64. The first kappa shape index (κ1) is 15.7. The Labute approximate surface area is 139 Å². The number of fused-ring (bicyclic) bond motifs is 1. The molecule has 0 amide bonds. The average molecular weight is 326 g/mol. The summed E-state index contributed by atoms with van der Waals surface area (Å²) < 4.78 is 5.21. The van der Waals surface area contributed by atoms with Gasteiger partial charge in [-0.2, -0.15) is 11.3 Å². The monoisotopic (exact) mass is 326 g/mol.